The van der Waals surface area contributed by atoms with E-state index in [0.717, 1.165) is 19.0 Å². The van der Waals surface area contributed by atoms with E-state index in [4.69, 9.17) is 0 Å². The summed E-state index contributed by atoms with van der Waals surface area (Å²) in [6.45, 7) is 12.9. The van der Waals surface area contributed by atoms with Crippen LogP contribution in [0.2, 0.25) is 0 Å². The van der Waals surface area contributed by atoms with Gasteiger partial charge in [-0.3, -0.25) is 4.90 Å². The van der Waals surface area contributed by atoms with Crippen molar-refractivity contribution in [2.75, 3.05) is 20.1 Å². The molecule has 1 saturated heterocycles. The van der Waals surface area contributed by atoms with Gasteiger partial charge in [0.2, 0.25) is 0 Å². The monoisotopic (exact) mass is 237 g/mol. The molecule has 0 saturated carbocycles. The molecule has 0 bridgehead atoms. The van der Waals surface area contributed by atoms with Gasteiger partial charge in [0.1, 0.15) is 0 Å². The molecule has 1 N–H and O–H groups in total. The fourth-order valence-corrected chi connectivity index (χ4v) is 2.48. The Morgan fingerprint density at radius 2 is 1.88 bits per heavy atom. The molecule has 98 valence electrons. The Morgan fingerprint density at radius 1 is 1.29 bits per heavy atom. The molecule has 0 aliphatic carbocycles. The topological polar surface area (TPSA) is 39.1 Å². The van der Waals surface area contributed by atoms with Crippen molar-refractivity contribution < 1.29 is 0 Å². The van der Waals surface area contributed by atoms with Gasteiger partial charge in [0, 0.05) is 18.1 Å². The molecule has 17 heavy (non-hydrogen) atoms. The number of piperidine rings is 1. The minimum absolute atomic E-state index is 0.0863. The van der Waals surface area contributed by atoms with Gasteiger partial charge in [-0.05, 0) is 53.6 Å². The summed E-state index contributed by atoms with van der Waals surface area (Å²) in [5.41, 5.74) is -0.414. The van der Waals surface area contributed by atoms with E-state index in [2.05, 4.69) is 37.1 Å². The van der Waals surface area contributed by atoms with Crippen LogP contribution in [-0.2, 0) is 0 Å². The van der Waals surface area contributed by atoms with E-state index >= 15 is 0 Å². The molecular weight excluding hydrogens is 210 g/mol. The van der Waals surface area contributed by atoms with Crippen LogP contribution >= 0.6 is 0 Å². The van der Waals surface area contributed by atoms with Crippen LogP contribution < -0.4 is 5.32 Å². The minimum Gasteiger partial charge on any atom is -0.315 e. The number of hydrogen-bond acceptors (Lipinski definition) is 3. The van der Waals surface area contributed by atoms with E-state index in [0.29, 0.717) is 6.04 Å². The Bertz CT molecular complexity index is 301. The smallest absolute Gasteiger partial charge is 0.0703 e. The highest BCUT2D eigenvalue weighted by molar-refractivity contribution is 5.08. The third-order valence-electron chi connectivity index (χ3n) is 4.93. The third-order valence-corrected chi connectivity index (χ3v) is 4.93. The van der Waals surface area contributed by atoms with Gasteiger partial charge in [-0.15, -0.1) is 0 Å². The minimum atomic E-state index is -0.328. The van der Waals surface area contributed by atoms with Crippen LogP contribution in [0.15, 0.2) is 0 Å². The summed E-state index contributed by atoms with van der Waals surface area (Å²) >= 11 is 0. The predicted molar refractivity (Wildman–Crippen MR) is 71.7 cm³/mol. The molecule has 1 fully saturated rings. The van der Waals surface area contributed by atoms with Crippen LogP contribution in [-0.4, -0.2) is 36.6 Å². The number of nitrogens with zero attached hydrogens (tertiary/aromatic N) is 2. The van der Waals surface area contributed by atoms with Crippen molar-refractivity contribution in [3.8, 4) is 6.07 Å². The molecule has 1 aliphatic rings. The second kappa shape index (κ2) is 4.96. The fourth-order valence-electron chi connectivity index (χ4n) is 2.48. The molecule has 1 aliphatic heterocycles. The van der Waals surface area contributed by atoms with Crippen LogP contribution in [0.1, 0.15) is 41.0 Å². The van der Waals surface area contributed by atoms with Crippen LogP contribution in [0.25, 0.3) is 0 Å². The Morgan fingerprint density at radius 3 is 2.35 bits per heavy atom. The van der Waals surface area contributed by atoms with E-state index in [1.165, 1.54) is 6.42 Å². The molecule has 3 nitrogen and oxygen atoms in total. The van der Waals surface area contributed by atoms with Crippen LogP contribution in [0.4, 0.5) is 0 Å². The maximum Gasteiger partial charge on any atom is 0.0703 e. The SMILES string of the molecule is CN[C@H]1CN(C(C)(C)C(C)(C)C#N)CC[C@H]1C. The number of nitrogens with one attached hydrogen (secondary N) is 1. The van der Waals surface area contributed by atoms with Crippen molar-refractivity contribution in [1.82, 2.24) is 10.2 Å². The summed E-state index contributed by atoms with van der Waals surface area (Å²) in [5, 5.41) is 12.7. The van der Waals surface area contributed by atoms with Crippen molar-refractivity contribution in [1.29, 1.82) is 5.26 Å². The Hall–Kier alpha value is -0.590. The molecule has 0 spiro atoms. The van der Waals surface area contributed by atoms with Gasteiger partial charge in [-0.25, -0.2) is 0 Å². The molecule has 0 amide bonds. The summed E-state index contributed by atoms with van der Waals surface area (Å²) in [4.78, 5) is 2.47. The molecule has 2 atom stereocenters. The Labute approximate surface area is 106 Å². The summed E-state index contributed by atoms with van der Waals surface area (Å²) in [7, 11) is 2.03. The number of rotatable bonds is 3. The van der Waals surface area contributed by atoms with Crippen molar-refractivity contribution in [2.45, 2.75) is 52.6 Å². The van der Waals surface area contributed by atoms with Gasteiger partial charge in [-0.2, -0.15) is 5.26 Å². The number of likely N-dealkylation sites (N-methyl/N-ethyl adjacent to an activating group) is 1. The molecule has 0 aromatic rings. The van der Waals surface area contributed by atoms with Gasteiger partial charge >= 0.3 is 0 Å². The number of likely N-dealkylation sites (tertiary alicyclic amines) is 1. The average Bonchev–Trinajstić information content (AvgIpc) is 2.29. The zero-order chi connectivity index (χ0) is 13.3. The fraction of sp³-hybridized carbons (Fsp3) is 0.929. The molecule has 0 aromatic heterocycles. The lowest BCUT2D eigenvalue weighted by Gasteiger charge is -2.50. The Kier molecular flexibility index (Phi) is 4.22. The first kappa shape index (κ1) is 14.5. The maximum atomic E-state index is 9.34. The van der Waals surface area contributed by atoms with Crippen molar-refractivity contribution in [3.63, 3.8) is 0 Å². The first-order chi connectivity index (χ1) is 7.76. The molecule has 0 radical (unpaired) electrons. The van der Waals surface area contributed by atoms with Crippen LogP contribution in [0, 0.1) is 22.7 Å². The number of hydrogen-bond donors (Lipinski definition) is 1. The van der Waals surface area contributed by atoms with E-state index in [9.17, 15) is 5.26 Å². The van der Waals surface area contributed by atoms with Crippen molar-refractivity contribution >= 4 is 0 Å². The van der Waals surface area contributed by atoms with E-state index in [1.807, 2.05) is 20.9 Å². The normalized spacial score (nSPS) is 27.8. The lowest BCUT2D eigenvalue weighted by molar-refractivity contribution is 0.00403. The quantitative estimate of drug-likeness (QED) is 0.818. The highest BCUT2D eigenvalue weighted by Crippen LogP contribution is 2.37. The molecule has 0 unspecified atom stereocenters. The zero-order valence-corrected chi connectivity index (χ0v) is 12.2. The first-order valence-corrected chi connectivity index (χ1v) is 6.60. The largest absolute Gasteiger partial charge is 0.315 e. The molecule has 3 heteroatoms. The maximum absolute atomic E-state index is 9.34. The number of nitriles is 1. The van der Waals surface area contributed by atoms with Gasteiger partial charge in [-0.1, -0.05) is 6.92 Å². The van der Waals surface area contributed by atoms with Gasteiger partial charge in [0.05, 0.1) is 11.5 Å². The standard InChI is InChI=1S/C14H27N3/c1-11-7-8-17(9-12(11)16-6)14(4,5)13(2,3)10-15/h11-12,16H,7-9H2,1-6H3/t11-,12+/m1/s1. The summed E-state index contributed by atoms with van der Waals surface area (Å²) in [5.74, 6) is 0.720. The average molecular weight is 237 g/mol. The summed E-state index contributed by atoms with van der Waals surface area (Å²) in [6, 6.07) is 3.00. The first-order valence-electron chi connectivity index (χ1n) is 6.60. The van der Waals surface area contributed by atoms with E-state index < -0.39 is 0 Å². The summed E-state index contributed by atoms with van der Waals surface area (Å²) < 4.78 is 0. The van der Waals surface area contributed by atoms with Gasteiger partial charge in [0.25, 0.3) is 0 Å². The zero-order valence-electron chi connectivity index (χ0n) is 12.2. The second-order valence-electron chi connectivity index (χ2n) is 6.40. The highest BCUT2D eigenvalue weighted by Gasteiger charge is 2.44. The van der Waals surface area contributed by atoms with Gasteiger partial charge in [0.15, 0.2) is 0 Å². The predicted octanol–water partition coefficient (Wildman–Crippen LogP) is 2.24. The van der Waals surface area contributed by atoms with Gasteiger partial charge < -0.3 is 5.32 Å². The molecule has 1 rings (SSSR count). The Balaban J connectivity index is 2.84. The lowest BCUT2D eigenvalue weighted by atomic mass is 9.73. The highest BCUT2D eigenvalue weighted by atomic mass is 15.2. The van der Waals surface area contributed by atoms with E-state index in [1.54, 1.807) is 0 Å². The lowest BCUT2D eigenvalue weighted by Crippen LogP contribution is -2.60. The molecule has 1 heterocycles. The second-order valence-corrected chi connectivity index (χ2v) is 6.40. The van der Waals surface area contributed by atoms with Crippen molar-refractivity contribution in [3.05, 3.63) is 0 Å². The molecular formula is C14H27N3. The molecule has 0 aromatic carbocycles. The summed E-state index contributed by atoms with van der Waals surface area (Å²) in [6.07, 6.45) is 1.20. The van der Waals surface area contributed by atoms with Crippen molar-refractivity contribution in [2.24, 2.45) is 11.3 Å². The van der Waals surface area contributed by atoms with E-state index in [-0.39, 0.29) is 11.0 Å². The van der Waals surface area contributed by atoms with Crippen LogP contribution in [0.5, 0.6) is 0 Å². The third kappa shape index (κ3) is 2.64. The van der Waals surface area contributed by atoms with Crippen LogP contribution in [0.3, 0.4) is 0 Å².